The summed E-state index contributed by atoms with van der Waals surface area (Å²) in [6.45, 7) is 6.19. The van der Waals surface area contributed by atoms with Crippen molar-refractivity contribution in [2.45, 2.75) is 32.1 Å². The van der Waals surface area contributed by atoms with Crippen LogP contribution in [-0.4, -0.2) is 41.6 Å². The van der Waals surface area contributed by atoms with Crippen LogP contribution >= 0.6 is 0 Å². The van der Waals surface area contributed by atoms with Gasteiger partial charge in [0.05, 0.1) is 25.6 Å². The van der Waals surface area contributed by atoms with E-state index >= 15 is 0 Å². The fourth-order valence-corrected chi connectivity index (χ4v) is 1.64. The lowest BCUT2D eigenvalue weighted by Gasteiger charge is -2.35. The van der Waals surface area contributed by atoms with Gasteiger partial charge in [-0.05, 0) is 13.8 Å². The minimum atomic E-state index is -0.429. The molecule has 16 heavy (non-hydrogen) atoms. The molecular weight excluding hydrogens is 206 g/mol. The van der Waals surface area contributed by atoms with Gasteiger partial charge in [0.2, 0.25) is 0 Å². The van der Waals surface area contributed by atoms with Crippen LogP contribution in [0.1, 0.15) is 19.5 Å². The smallest absolute Gasteiger partial charge is 0.162 e. The number of rotatable bonds is 4. The average Bonchev–Trinajstić information content (AvgIpc) is 2.73. The molecule has 0 radical (unpaired) electrons. The highest BCUT2D eigenvalue weighted by Gasteiger charge is 2.27. The summed E-state index contributed by atoms with van der Waals surface area (Å²) >= 11 is 0. The fourth-order valence-electron chi connectivity index (χ4n) is 1.64. The van der Waals surface area contributed by atoms with Crippen molar-refractivity contribution in [3.05, 3.63) is 18.2 Å². The van der Waals surface area contributed by atoms with Crippen molar-refractivity contribution in [1.82, 2.24) is 15.3 Å². The maximum absolute atomic E-state index is 5.56. The highest BCUT2D eigenvalue weighted by Crippen LogP contribution is 2.16. The molecule has 0 aliphatic carbocycles. The second-order valence-electron chi connectivity index (χ2n) is 4.50. The van der Waals surface area contributed by atoms with Crippen LogP contribution in [0.3, 0.4) is 0 Å². The van der Waals surface area contributed by atoms with Gasteiger partial charge >= 0.3 is 0 Å². The molecule has 1 aliphatic rings. The van der Waals surface area contributed by atoms with Gasteiger partial charge < -0.3 is 19.8 Å². The number of H-pyrrole nitrogens is 1. The summed E-state index contributed by atoms with van der Waals surface area (Å²) in [6.07, 6.45) is 4.49. The van der Waals surface area contributed by atoms with Crippen molar-refractivity contribution in [3.8, 4) is 0 Å². The van der Waals surface area contributed by atoms with Crippen molar-refractivity contribution in [2.24, 2.45) is 0 Å². The molecule has 2 N–H and O–H groups in total. The van der Waals surface area contributed by atoms with Crippen LogP contribution in [0.15, 0.2) is 12.5 Å². The van der Waals surface area contributed by atoms with Gasteiger partial charge in [-0.3, -0.25) is 0 Å². The van der Waals surface area contributed by atoms with Crippen LogP contribution in [0.4, 0.5) is 0 Å². The molecule has 0 saturated carbocycles. The van der Waals surface area contributed by atoms with Gasteiger partial charge in [-0.25, -0.2) is 4.98 Å². The number of aromatic nitrogens is 2. The van der Waals surface area contributed by atoms with Crippen molar-refractivity contribution >= 4 is 0 Å². The van der Waals surface area contributed by atoms with Gasteiger partial charge in [0.25, 0.3) is 0 Å². The van der Waals surface area contributed by atoms with Gasteiger partial charge in [0, 0.05) is 24.9 Å². The largest absolute Gasteiger partial charge is 0.349 e. The molecule has 1 fully saturated rings. The summed E-state index contributed by atoms with van der Waals surface area (Å²) in [7, 11) is 0. The fraction of sp³-hybridized carbons (Fsp3) is 0.727. The number of nitrogens with zero attached hydrogens (tertiary/aromatic N) is 1. The molecule has 2 rings (SSSR count). The molecule has 0 bridgehead atoms. The summed E-state index contributed by atoms with van der Waals surface area (Å²) < 4.78 is 11.1. The Hall–Kier alpha value is -0.910. The number of nitrogens with one attached hydrogen (secondary N) is 2. The normalized spacial score (nSPS) is 21.1. The van der Waals surface area contributed by atoms with Crippen LogP contribution < -0.4 is 5.32 Å². The maximum atomic E-state index is 5.56. The first-order valence-corrected chi connectivity index (χ1v) is 5.64. The van der Waals surface area contributed by atoms with E-state index in [-0.39, 0.29) is 6.04 Å². The van der Waals surface area contributed by atoms with Gasteiger partial charge in [-0.15, -0.1) is 0 Å². The predicted molar refractivity (Wildman–Crippen MR) is 60.1 cm³/mol. The molecule has 1 aromatic rings. The summed E-state index contributed by atoms with van der Waals surface area (Å²) in [5, 5.41) is 3.40. The van der Waals surface area contributed by atoms with Crippen LogP contribution in [0.2, 0.25) is 0 Å². The Kier molecular flexibility index (Phi) is 3.58. The zero-order valence-electron chi connectivity index (χ0n) is 9.82. The van der Waals surface area contributed by atoms with E-state index in [0.29, 0.717) is 13.2 Å². The molecule has 5 nitrogen and oxygen atoms in total. The van der Waals surface area contributed by atoms with E-state index in [2.05, 4.69) is 15.3 Å². The number of hydrogen-bond acceptors (Lipinski definition) is 4. The highest BCUT2D eigenvalue weighted by molar-refractivity contribution is 4.94. The summed E-state index contributed by atoms with van der Waals surface area (Å²) in [5.41, 5.74) is 1.14. The molecule has 1 aliphatic heterocycles. The Labute approximate surface area is 95.6 Å². The standard InChI is InChI=1S/C11H19N3O2/c1-11(2)15-6-10(7-16-11)13-4-3-9-5-12-8-14-9/h5,8,10,13H,3-4,6-7H2,1-2H3,(H,12,14). The van der Waals surface area contributed by atoms with Crippen molar-refractivity contribution in [3.63, 3.8) is 0 Å². The molecule has 1 aromatic heterocycles. The van der Waals surface area contributed by atoms with E-state index in [9.17, 15) is 0 Å². The minimum Gasteiger partial charge on any atom is -0.349 e. The van der Waals surface area contributed by atoms with Gasteiger partial charge in [-0.2, -0.15) is 0 Å². The number of hydrogen-bond donors (Lipinski definition) is 2. The van der Waals surface area contributed by atoms with Crippen molar-refractivity contribution in [2.75, 3.05) is 19.8 Å². The van der Waals surface area contributed by atoms with Crippen LogP contribution in [-0.2, 0) is 15.9 Å². The predicted octanol–water partition coefficient (Wildman–Crippen LogP) is 0.693. The molecule has 0 atom stereocenters. The topological polar surface area (TPSA) is 59.2 Å². The Bertz CT molecular complexity index is 301. The first kappa shape index (κ1) is 11.6. The quantitative estimate of drug-likeness (QED) is 0.791. The summed E-state index contributed by atoms with van der Waals surface area (Å²) in [6, 6.07) is 0.288. The second-order valence-corrected chi connectivity index (χ2v) is 4.50. The van der Waals surface area contributed by atoms with Crippen LogP contribution in [0.25, 0.3) is 0 Å². The third-order valence-electron chi connectivity index (χ3n) is 2.65. The molecule has 0 amide bonds. The lowest BCUT2D eigenvalue weighted by atomic mass is 10.2. The molecule has 90 valence electrons. The third kappa shape index (κ3) is 3.30. The average molecular weight is 225 g/mol. The zero-order chi connectivity index (χ0) is 11.4. The number of aromatic amines is 1. The molecule has 1 saturated heterocycles. The van der Waals surface area contributed by atoms with E-state index < -0.39 is 5.79 Å². The lowest BCUT2D eigenvalue weighted by molar-refractivity contribution is -0.252. The van der Waals surface area contributed by atoms with Crippen LogP contribution in [0, 0.1) is 0 Å². The van der Waals surface area contributed by atoms with Crippen LogP contribution in [0.5, 0.6) is 0 Å². The monoisotopic (exact) mass is 225 g/mol. The van der Waals surface area contributed by atoms with Crippen molar-refractivity contribution < 1.29 is 9.47 Å². The molecule has 0 unspecified atom stereocenters. The third-order valence-corrected chi connectivity index (χ3v) is 2.65. The lowest BCUT2D eigenvalue weighted by Crippen LogP contribution is -2.48. The number of imidazole rings is 1. The first-order chi connectivity index (χ1) is 7.66. The Morgan fingerprint density at radius 3 is 2.88 bits per heavy atom. The van der Waals surface area contributed by atoms with E-state index in [4.69, 9.17) is 9.47 Å². The van der Waals surface area contributed by atoms with E-state index in [1.54, 1.807) is 6.33 Å². The summed E-state index contributed by atoms with van der Waals surface area (Å²) in [5.74, 6) is -0.429. The zero-order valence-corrected chi connectivity index (χ0v) is 9.82. The Morgan fingerprint density at radius 1 is 1.50 bits per heavy atom. The second kappa shape index (κ2) is 4.95. The van der Waals surface area contributed by atoms with E-state index in [0.717, 1.165) is 18.7 Å². The SMILES string of the molecule is CC1(C)OCC(NCCc2cnc[nH]2)CO1. The summed E-state index contributed by atoms with van der Waals surface area (Å²) in [4.78, 5) is 7.05. The molecule has 0 aromatic carbocycles. The maximum Gasteiger partial charge on any atom is 0.162 e. The first-order valence-electron chi connectivity index (χ1n) is 5.64. The number of ether oxygens (including phenoxy) is 2. The molecule has 5 heteroatoms. The van der Waals surface area contributed by atoms with Gasteiger partial charge in [0.1, 0.15) is 0 Å². The van der Waals surface area contributed by atoms with Gasteiger partial charge in [0.15, 0.2) is 5.79 Å². The minimum absolute atomic E-state index is 0.288. The van der Waals surface area contributed by atoms with Gasteiger partial charge in [-0.1, -0.05) is 0 Å². The van der Waals surface area contributed by atoms with E-state index in [1.807, 2.05) is 20.0 Å². The molecular formula is C11H19N3O2. The molecule has 2 heterocycles. The highest BCUT2D eigenvalue weighted by atomic mass is 16.7. The molecule has 0 spiro atoms. The van der Waals surface area contributed by atoms with Crippen molar-refractivity contribution in [1.29, 1.82) is 0 Å². The van der Waals surface area contributed by atoms with E-state index in [1.165, 1.54) is 0 Å². The Balaban J connectivity index is 1.64. The Morgan fingerprint density at radius 2 is 2.25 bits per heavy atom.